The third kappa shape index (κ3) is 1.81. The van der Waals surface area contributed by atoms with Gasteiger partial charge in [0.05, 0.1) is 0 Å². The molecule has 3 unspecified atom stereocenters. The Hall–Kier alpha value is -1.59. The number of carbonyl (C=O) groups is 1. The smallest absolute Gasteiger partial charge is 0.242 e. The third-order valence-electron chi connectivity index (χ3n) is 5.99. The molecule has 3 N–H and O–H groups in total. The summed E-state index contributed by atoms with van der Waals surface area (Å²) in [5.74, 6) is 0.912. The summed E-state index contributed by atoms with van der Waals surface area (Å²) in [7, 11) is 0. The number of anilines is 1. The second kappa shape index (κ2) is 4.20. The van der Waals surface area contributed by atoms with E-state index in [2.05, 4.69) is 36.2 Å². The first-order valence-electron chi connectivity index (χ1n) is 7.27. The van der Waals surface area contributed by atoms with Crippen molar-refractivity contribution in [1.29, 1.82) is 0 Å². The van der Waals surface area contributed by atoms with E-state index in [-0.39, 0.29) is 29.9 Å². The lowest BCUT2D eigenvalue weighted by Gasteiger charge is -2.39. The van der Waals surface area contributed by atoms with E-state index in [4.69, 9.17) is 5.73 Å². The number of carbonyl (C=O) groups excluding carboxylic acids is 1. The van der Waals surface area contributed by atoms with Crippen molar-refractivity contribution in [2.24, 2.45) is 16.7 Å². The first-order chi connectivity index (χ1) is 9.33. The number of rotatable bonds is 3. The third-order valence-corrected chi connectivity index (χ3v) is 5.99. The molecule has 2 fully saturated rings. The Kier molecular flexibility index (Phi) is 2.81. The minimum atomic E-state index is -0.00975. The van der Waals surface area contributed by atoms with Gasteiger partial charge in [-0.2, -0.15) is 0 Å². The normalized spacial score (nSPS) is 34.4. The molecular weight excluding hydrogens is 254 g/mol. The largest absolute Gasteiger partial charge is 0.367 e. The average Bonchev–Trinajstić information content (AvgIpc) is 2.90. The maximum Gasteiger partial charge on any atom is 0.242 e. The van der Waals surface area contributed by atoms with Crippen molar-refractivity contribution in [3.05, 3.63) is 6.33 Å². The van der Waals surface area contributed by atoms with E-state index in [1.165, 1.54) is 23.9 Å². The Morgan fingerprint density at radius 3 is 2.80 bits per heavy atom. The molecule has 2 bridgehead atoms. The Balaban J connectivity index is 1.66. The molecule has 0 aliphatic heterocycles. The molecule has 6 heteroatoms. The Labute approximate surface area is 119 Å². The van der Waals surface area contributed by atoms with Gasteiger partial charge in [0.15, 0.2) is 0 Å². The van der Waals surface area contributed by atoms with Crippen molar-refractivity contribution in [1.82, 2.24) is 20.1 Å². The first-order valence-corrected chi connectivity index (χ1v) is 7.27. The van der Waals surface area contributed by atoms with Crippen molar-refractivity contribution in [3.63, 3.8) is 0 Å². The van der Waals surface area contributed by atoms with Crippen LogP contribution in [0.25, 0.3) is 0 Å². The zero-order valence-corrected chi connectivity index (χ0v) is 12.4. The number of nitrogen functional groups attached to an aromatic ring is 1. The van der Waals surface area contributed by atoms with E-state index in [9.17, 15) is 4.79 Å². The fourth-order valence-corrected chi connectivity index (χ4v) is 4.19. The van der Waals surface area contributed by atoms with Crippen LogP contribution in [0.2, 0.25) is 0 Å². The van der Waals surface area contributed by atoms with Gasteiger partial charge in [-0.05, 0) is 36.0 Å². The van der Waals surface area contributed by atoms with Crippen LogP contribution in [0.15, 0.2) is 6.33 Å². The van der Waals surface area contributed by atoms with Crippen molar-refractivity contribution in [2.45, 2.75) is 52.6 Å². The number of nitrogens with one attached hydrogen (secondary N) is 1. The minimum Gasteiger partial charge on any atom is -0.367 e. The molecule has 1 amide bonds. The van der Waals surface area contributed by atoms with Gasteiger partial charge in [-0.15, -0.1) is 5.10 Å². The van der Waals surface area contributed by atoms with Gasteiger partial charge in [0, 0.05) is 6.04 Å². The van der Waals surface area contributed by atoms with Crippen molar-refractivity contribution in [2.75, 3.05) is 5.73 Å². The molecule has 2 aliphatic carbocycles. The van der Waals surface area contributed by atoms with E-state index in [1.54, 1.807) is 0 Å². The van der Waals surface area contributed by atoms with Gasteiger partial charge in [0.1, 0.15) is 12.9 Å². The molecule has 1 aromatic heterocycles. The summed E-state index contributed by atoms with van der Waals surface area (Å²) in [4.78, 5) is 16.0. The maximum absolute atomic E-state index is 12.2. The molecule has 3 rings (SSSR count). The van der Waals surface area contributed by atoms with E-state index in [1.807, 2.05) is 0 Å². The summed E-state index contributed by atoms with van der Waals surface area (Å²) in [5.41, 5.74) is 5.96. The molecule has 110 valence electrons. The summed E-state index contributed by atoms with van der Waals surface area (Å²) in [6.45, 7) is 7.18. The fraction of sp³-hybridized carbons (Fsp3) is 0.786. The summed E-state index contributed by atoms with van der Waals surface area (Å²) in [6.07, 6.45) is 5.07. The summed E-state index contributed by atoms with van der Waals surface area (Å²) in [6, 6.07) is 0.268. The molecule has 1 heterocycles. The topological polar surface area (TPSA) is 85.8 Å². The summed E-state index contributed by atoms with van der Waals surface area (Å²) < 4.78 is 1.48. The van der Waals surface area contributed by atoms with Crippen LogP contribution in [0.5, 0.6) is 0 Å². The Morgan fingerprint density at radius 2 is 2.30 bits per heavy atom. The highest BCUT2D eigenvalue weighted by Crippen LogP contribution is 2.65. The van der Waals surface area contributed by atoms with Crippen LogP contribution in [-0.2, 0) is 11.3 Å². The van der Waals surface area contributed by atoms with Crippen molar-refractivity contribution >= 4 is 11.9 Å². The van der Waals surface area contributed by atoms with Gasteiger partial charge in [-0.3, -0.25) is 4.79 Å². The lowest BCUT2D eigenvalue weighted by Crippen LogP contribution is -2.47. The number of nitrogens with two attached hydrogens (primary N) is 1. The van der Waals surface area contributed by atoms with Crippen LogP contribution in [0.3, 0.4) is 0 Å². The fourth-order valence-electron chi connectivity index (χ4n) is 4.19. The number of fused-ring (bicyclic) bond motifs is 2. The second-order valence-electron chi connectivity index (χ2n) is 7.03. The molecule has 1 aromatic rings. The summed E-state index contributed by atoms with van der Waals surface area (Å²) >= 11 is 0. The molecule has 6 nitrogen and oxygen atoms in total. The van der Waals surface area contributed by atoms with Crippen molar-refractivity contribution in [3.8, 4) is 0 Å². The highest BCUT2D eigenvalue weighted by atomic mass is 16.2. The highest BCUT2D eigenvalue weighted by Gasteiger charge is 2.61. The summed E-state index contributed by atoms with van der Waals surface area (Å²) in [5, 5.41) is 7.14. The van der Waals surface area contributed by atoms with E-state index in [0.717, 1.165) is 12.3 Å². The zero-order chi connectivity index (χ0) is 14.5. The Bertz CT molecular complexity index is 537. The zero-order valence-electron chi connectivity index (χ0n) is 12.4. The molecule has 3 atom stereocenters. The first kappa shape index (κ1) is 13.4. The molecule has 0 saturated heterocycles. The van der Waals surface area contributed by atoms with Gasteiger partial charge in [-0.25, -0.2) is 9.67 Å². The number of nitrogens with zero attached hydrogens (tertiary/aromatic N) is 3. The predicted octanol–water partition coefficient (Wildman–Crippen LogP) is 1.19. The van der Waals surface area contributed by atoms with Crippen LogP contribution in [-0.4, -0.2) is 26.7 Å². The van der Waals surface area contributed by atoms with E-state index >= 15 is 0 Å². The number of hydrogen-bond acceptors (Lipinski definition) is 4. The van der Waals surface area contributed by atoms with Crippen LogP contribution in [0, 0.1) is 16.7 Å². The van der Waals surface area contributed by atoms with Crippen LogP contribution < -0.4 is 11.1 Å². The van der Waals surface area contributed by atoms with Crippen LogP contribution in [0.4, 0.5) is 5.95 Å². The lowest BCUT2D eigenvalue weighted by molar-refractivity contribution is -0.123. The van der Waals surface area contributed by atoms with Crippen LogP contribution >= 0.6 is 0 Å². The standard InChI is InChI=1S/C14H23N5O/c1-13(2)9-4-5-14(13,3)10(6-9)17-11(20)7-19-8-16-12(15)18-19/h8-10H,4-7H2,1-3H3,(H2,15,18)(H,17,20). The van der Waals surface area contributed by atoms with Crippen molar-refractivity contribution < 1.29 is 4.79 Å². The van der Waals surface area contributed by atoms with Gasteiger partial charge in [0.2, 0.25) is 11.9 Å². The molecule has 0 spiro atoms. The van der Waals surface area contributed by atoms with Gasteiger partial charge in [-0.1, -0.05) is 20.8 Å². The highest BCUT2D eigenvalue weighted by molar-refractivity contribution is 5.76. The van der Waals surface area contributed by atoms with E-state index in [0.29, 0.717) is 5.41 Å². The monoisotopic (exact) mass is 277 g/mol. The Morgan fingerprint density at radius 1 is 1.55 bits per heavy atom. The molecule has 20 heavy (non-hydrogen) atoms. The average molecular weight is 277 g/mol. The van der Waals surface area contributed by atoms with Gasteiger partial charge < -0.3 is 11.1 Å². The number of hydrogen-bond donors (Lipinski definition) is 2. The second-order valence-corrected chi connectivity index (χ2v) is 7.03. The molecule has 2 aliphatic rings. The van der Waals surface area contributed by atoms with Gasteiger partial charge >= 0.3 is 0 Å². The molecular formula is C14H23N5O. The van der Waals surface area contributed by atoms with E-state index < -0.39 is 0 Å². The SMILES string of the molecule is CC1(C)C2CCC1(C)C(NC(=O)Cn1cnc(N)n1)C2. The lowest BCUT2D eigenvalue weighted by atomic mass is 9.69. The maximum atomic E-state index is 12.2. The predicted molar refractivity (Wildman–Crippen MR) is 75.6 cm³/mol. The van der Waals surface area contributed by atoms with Gasteiger partial charge in [0.25, 0.3) is 0 Å². The quantitative estimate of drug-likeness (QED) is 0.869. The van der Waals surface area contributed by atoms with Crippen LogP contribution in [0.1, 0.15) is 40.0 Å². The molecule has 2 saturated carbocycles. The minimum absolute atomic E-state index is 0.00975. The number of amides is 1. The molecule has 0 aromatic carbocycles. The number of aromatic nitrogens is 3. The molecule has 0 radical (unpaired) electrons.